The molecule has 198 valence electrons. The third kappa shape index (κ3) is 7.24. The molecular formula is C28H34N2O6S. The van der Waals surface area contributed by atoms with E-state index in [-0.39, 0.29) is 11.3 Å². The summed E-state index contributed by atoms with van der Waals surface area (Å²) in [5, 5.41) is 2.93. The van der Waals surface area contributed by atoms with E-state index in [0.717, 1.165) is 11.1 Å². The normalized spacial score (nSPS) is 12.9. The highest BCUT2D eigenvalue weighted by molar-refractivity contribution is 7.89. The molecule has 0 aliphatic carbocycles. The van der Waals surface area contributed by atoms with Crippen LogP contribution in [0.1, 0.15) is 36.6 Å². The number of sulfonamides is 1. The van der Waals surface area contributed by atoms with Crippen LogP contribution in [0.4, 0.5) is 0 Å². The maximum Gasteiger partial charge on any atom is 0.241 e. The van der Waals surface area contributed by atoms with Crippen molar-refractivity contribution in [2.75, 3.05) is 20.8 Å². The fourth-order valence-corrected chi connectivity index (χ4v) is 5.20. The van der Waals surface area contributed by atoms with E-state index in [2.05, 4.69) is 10.0 Å². The Morgan fingerprint density at radius 1 is 0.919 bits per heavy atom. The highest BCUT2D eigenvalue weighted by Crippen LogP contribution is 2.30. The van der Waals surface area contributed by atoms with Crippen molar-refractivity contribution in [1.82, 2.24) is 10.0 Å². The molecule has 2 N–H and O–H groups in total. The van der Waals surface area contributed by atoms with Gasteiger partial charge in [0.2, 0.25) is 15.9 Å². The van der Waals surface area contributed by atoms with E-state index in [1.54, 1.807) is 32.2 Å². The van der Waals surface area contributed by atoms with Crippen molar-refractivity contribution in [3.05, 3.63) is 83.4 Å². The van der Waals surface area contributed by atoms with Crippen molar-refractivity contribution in [2.45, 2.75) is 44.2 Å². The minimum absolute atomic E-state index is 0.0623. The molecule has 0 spiro atoms. The average Bonchev–Trinajstić information content (AvgIpc) is 2.89. The molecule has 0 radical (unpaired) electrons. The van der Waals surface area contributed by atoms with Crippen LogP contribution in [0.15, 0.2) is 71.6 Å². The van der Waals surface area contributed by atoms with Gasteiger partial charge in [-0.25, -0.2) is 8.42 Å². The van der Waals surface area contributed by atoms with Gasteiger partial charge in [0.1, 0.15) is 11.8 Å². The lowest BCUT2D eigenvalue weighted by Gasteiger charge is -2.22. The van der Waals surface area contributed by atoms with Crippen molar-refractivity contribution >= 4 is 15.9 Å². The van der Waals surface area contributed by atoms with Crippen molar-refractivity contribution in [2.24, 2.45) is 0 Å². The number of aryl methyl sites for hydroxylation is 1. The summed E-state index contributed by atoms with van der Waals surface area (Å²) in [5.74, 6) is 1.28. The van der Waals surface area contributed by atoms with Gasteiger partial charge in [-0.1, -0.05) is 36.4 Å². The molecule has 3 aromatic rings. The summed E-state index contributed by atoms with van der Waals surface area (Å²) in [4.78, 5) is 13.5. The van der Waals surface area contributed by atoms with E-state index in [1.807, 2.05) is 50.2 Å². The third-order valence-electron chi connectivity index (χ3n) is 5.92. The Morgan fingerprint density at radius 2 is 1.59 bits per heavy atom. The number of nitrogens with one attached hydrogen (secondary N) is 2. The van der Waals surface area contributed by atoms with E-state index in [1.165, 1.54) is 19.2 Å². The molecule has 0 aliphatic rings. The van der Waals surface area contributed by atoms with Gasteiger partial charge in [0.15, 0.2) is 11.5 Å². The van der Waals surface area contributed by atoms with Crippen LogP contribution >= 0.6 is 0 Å². The number of benzene rings is 3. The zero-order valence-corrected chi connectivity index (χ0v) is 22.6. The monoisotopic (exact) mass is 526 g/mol. The number of ether oxygens (including phenoxy) is 3. The smallest absolute Gasteiger partial charge is 0.241 e. The molecule has 8 nitrogen and oxygen atoms in total. The summed E-state index contributed by atoms with van der Waals surface area (Å²) in [6, 6.07) is 17.8. The lowest BCUT2D eigenvalue weighted by Crippen LogP contribution is -2.48. The lowest BCUT2D eigenvalue weighted by molar-refractivity contribution is -0.123. The summed E-state index contributed by atoms with van der Waals surface area (Å²) in [6.45, 7) is 5.94. The van der Waals surface area contributed by atoms with Crippen LogP contribution in [0.2, 0.25) is 0 Å². The topological polar surface area (TPSA) is 103 Å². The Morgan fingerprint density at radius 3 is 2.22 bits per heavy atom. The first kappa shape index (κ1) is 28.0. The molecule has 2 atom stereocenters. The van der Waals surface area contributed by atoms with Crippen LogP contribution in [0.5, 0.6) is 17.2 Å². The molecule has 0 heterocycles. The lowest BCUT2D eigenvalue weighted by atomic mass is 10.0. The SMILES string of the molecule is CCOc1ccc(S(=O)(=O)N[C@H](Cc2ccccc2)C(=O)N[C@H](C)c2ccc(OC)c(OC)c2)cc1C. The Balaban J connectivity index is 1.85. The highest BCUT2D eigenvalue weighted by Gasteiger charge is 2.28. The van der Waals surface area contributed by atoms with Gasteiger partial charge >= 0.3 is 0 Å². The zero-order chi connectivity index (χ0) is 27.0. The highest BCUT2D eigenvalue weighted by atomic mass is 32.2. The minimum atomic E-state index is -4.00. The van der Waals surface area contributed by atoms with Gasteiger partial charge in [-0.15, -0.1) is 0 Å². The molecular weight excluding hydrogens is 492 g/mol. The quantitative estimate of drug-likeness (QED) is 0.367. The molecule has 37 heavy (non-hydrogen) atoms. The molecule has 0 aliphatic heterocycles. The Bertz CT molecular complexity index is 1310. The number of hydrogen-bond donors (Lipinski definition) is 2. The standard InChI is InChI=1S/C28H34N2O6S/c1-6-36-25-15-13-23(16-19(25)2)37(32,33)30-24(17-21-10-8-7-9-11-21)28(31)29-20(3)22-12-14-26(34-4)27(18-22)35-5/h7-16,18,20,24,30H,6,17H2,1-5H3,(H,29,31)/t20-,24-/m1/s1. The van der Waals surface area contributed by atoms with Gasteiger partial charge in [0.05, 0.1) is 31.8 Å². The number of rotatable bonds is 12. The van der Waals surface area contributed by atoms with E-state index in [4.69, 9.17) is 14.2 Å². The fourth-order valence-electron chi connectivity index (χ4n) is 3.92. The first-order valence-electron chi connectivity index (χ1n) is 12.0. The van der Waals surface area contributed by atoms with Gasteiger partial charge in [-0.3, -0.25) is 4.79 Å². The van der Waals surface area contributed by atoms with Crippen LogP contribution < -0.4 is 24.2 Å². The summed E-state index contributed by atoms with van der Waals surface area (Å²) in [6.07, 6.45) is 0.181. The number of amides is 1. The minimum Gasteiger partial charge on any atom is -0.494 e. The number of carbonyl (C=O) groups is 1. The second-order valence-corrected chi connectivity index (χ2v) is 10.3. The molecule has 1 amide bonds. The van der Waals surface area contributed by atoms with Gasteiger partial charge in [-0.05, 0) is 74.2 Å². The predicted molar refractivity (Wildman–Crippen MR) is 143 cm³/mol. The van der Waals surface area contributed by atoms with Crippen molar-refractivity contribution in [3.8, 4) is 17.2 Å². The number of methoxy groups -OCH3 is 2. The first-order valence-corrected chi connectivity index (χ1v) is 13.5. The molecule has 3 aromatic carbocycles. The van der Waals surface area contributed by atoms with Gasteiger partial charge in [0, 0.05) is 0 Å². The molecule has 9 heteroatoms. The third-order valence-corrected chi connectivity index (χ3v) is 7.39. The van der Waals surface area contributed by atoms with Crippen molar-refractivity contribution < 1.29 is 27.4 Å². The predicted octanol–water partition coefficient (Wildman–Crippen LogP) is 4.18. The van der Waals surface area contributed by atoms with Crippen LogP contribution in [-0.2, 0) is 21.2 Å². The average molecular weight is 527 g/mol. The summed E-state index contributed by atoms with van der Waals surface area (Å²) in [5.41, 5.74) is 2.30. The van der Waals surface area contributed by atoms with Crippen LogP contribution in [-0.4, -0.2) is 41.2 Å². The van der Waals surface area contributed by atoms with Gasteiger partial charge < -0.3 is 19.5 Å². The molecule has 3 rings (SSSR count). The van der Waals surface area contributed by atoms with Crippen LogP contribution in [0, 0.1) is 6.92 Å². The van der Waals surface area contributed by atoms with Crippen LogP contribution in [0.25, 0.3) is 0 Å². The molecule has 0 saturated heterocycles. The Labute approximate surface area is 219 Å². The Hall–Kier alpha value is -3.56. The van der Waals surface area contributed by atoms with E-state index < -0.39 is 28.0 Å². The van der Waals surface area contributed by atoms with Crippen molar-refractivity contribution in [3.63, 3.8) is 0 Å². The first-order chi connectivity index (χ1) is 17.7. The summed E-state index contributed by atoms with van der Waals surface area (Å²) >= 11 is 0. The largest absolute Gasteiger partial charge is 0.494 e. The van der Waals surface area contributed by atoms with E-state index in [0.29, 0.717) is 29.4 Å². The zero-order valence-electron chi connectivity index (χ0n) is 21.8. The van der Waals surface area contributed by atoms with Crippen molar-refractivity contribution in [1.29, 1.82) is 0 Å². The number of hydrogen-bond acceptors (Lipinski definition) is 6. The molecule has 0 aromatic heterocycles. The molecule has 0 fully saturated rings. The van der Waals surface area contributed by atoms with Crippen LogP contribution in [0.3, 0.4) is 0 Å². The summed E-state index contributed by atoms with van der Waals surface area (Å²) < 4.78 is 45.4. The molecule has 0 saturated carbocycles. The molecule has 0 unspecified atom stereocenters. The van der Waals surface area contributed by atoms with E-state index in [9.17, 15) is 13.2 Å². The summed E-state index contributed by atoms with van der Waals surface area (Å²) in [7, 11) is -0.912. The van der Waals surface area contributed by atoms with Gasteiger partial charge in [-0.2, -0.15) is 4.72 Å². The van der Waals surface area contributed by atoms with Gasteiger partial charge in [0.25, 0.3) is 0 Å². The Kier molecular flexibility index (Phi) is 9.54. The second-order valence-electron chi connectivity index (χ2n) is 8.57. The maximum absolute atomic E-state index is 13.4. The number of carbonyl (C=O) groups excluding carboxylic acids is 1. The second kappa shape index (κ2) is 12.6. The fraction of sp³-hybridized carbons (Fsp3) is 0.321. The molecule has 0 bridgehead atoms. The van der Waals surface area contributed by atoms with E-state index >= 15 is 0 Å². The maximum atomic E-state index is 13.4.